The highest BCUT2D eigenvalue weighted by Crippen LogP contribution is 2.70. The fraction of sp³-hybridized carbons (Fsp3) is 0.321. The van der Waals surface area contributed by atoms with Crippen molar-refractivity contribution in [2.24, 2.45) is 0 Å². The number of aliphatic hydroxyl groups is 1. The molecule has 0 saturated heterocycles. The summed E-state index contributed by atoms with van der Waals surface area (Å²) in [5.41, 5.74) is 0. The zero-order valence-electron chi connectivity index (χ0n) is 20.9. The quantitative estimate of drug-likeness (QED) is 0.163. The third-order valence-electron chi connectivity index (χ3n) is 5.75. The molecule has 6 nitrogen and oxygen atoms in total. The van der Waals surface area contributed by atoms with Gasteiger partial charge in [-0.05, 0) is 59.5 Å². The molecule has 0 aromatic heterocycles. The van der Waals surface area contributed by atoms with E-state index in [1.807, 2.05) is 0 Å². The lowest BCUT2D eigenvalue weighted by Crippen LogP contribution is -2.41. The van der Waals surface area contributed by atoms with Gasteiger partial charge in [0.25, 0.3) is 0 Å². The van der Waals surface area contributed by atoms with Gasteiger partial charge in [-0.25, -0.2) is 8.42 Å². The molecule has 0 bridgehead atoms. The smallest absolute Gasteiger partial charge is 0.460 e. The van der Waals surface area contributed by atoms with Crippen molar-refractivity contribution in [2.75, 3.05) is 13.2 Å². The molecule has 10 heteroatoms. The average Bonchev–Trinajstić information content (AvgIpc) is 2.94. The Morgan fingerprint density at radius 3 is 1.50 bits per heavy atom. The molecule has 0 fully saturated rings. The Balaban J connectivity index is 1.89. The molecule has 1 N–H and O–H groups in total. The van der Waals surface area contributed by atoms with Gasteiger partial charge < -0.3 is 9.84 Å². The summed E-state index contributed by atoms with van der Waals surface area (Å²) < 4.78 is 67.0. The molecule has 3 aromatic rings. The lowest BCUT2D eigenvalue weighted by Gasteiger charge is -2.39. The van der Waals surface area contributed by atoms with Crippen molar-refractivity contribution in [3.05, 3.63) is 91.0 Å². The summed E-state index contributed by atoms with van der Waals surface area (Å²) in [5, 5.41) is 3.86. The van der Waals surface area contributed by atoms with Gasteiger partial charge in [0.2, 0.25) is 0 Å². The highest BCUT2D eigenvalue weighted by Gasteiger charge is 2.58. The topological polar surface area (TPSA) is 89.9 Å². The van der Waals surface area contributed by atoms with Gasteiger partial charge in [-0.3, -0.25) is 0 Å². The zero-order chi connectivity index (χ0) is 27.5. The minimum Gasteiger partial charge on any atom is -0.460 e. The summed E-state index contributed by atoms with van der Waals surface area (Å²) in [6.45, 7) is -0.219. The maximum Gasteiger partial charge on any atom is 0.466 e. The van der Waals surface area contributed by atoms with Crippen LogP contribution < -0.4 is 0 Å². The van der Waals surface area contributed by atoms with Crippen molar-refractivity contribution in [3.63, 3.8) is 0 Å². The molecule has 0 unspecified atom stereocenters. The number of alkyl halides is 2. The Hall–Kier alpha value is -2.79. The monoisotopic (exact) mass is 566 g/mol. The molecule has 0 heterocycles. The summed E-state index contributed by atoms with van der Waals surface area (Å²) in [6.07, 6.45) is 4.12. The van der Waals surface area contributed by atoms with Crippen molar-refractivity contribution < 1.29 is 35.5 Å². The van der Waals surface area contributed by atoms with Gasteiger partial charge in [-0.2, -0.15) is 17.2 Å². The molecule has 0 radical (unpaired) electrons. The van der Waals surface area contributed by atoms with E-state index < -0.39 is 31.7 Å². The van der Waals surface area contributed by atoms with Gasteiger partial charge >= 0.3 is 21.3 Å². The SMILES string of the molecule is O=C(OCCCCCCCCO)C(F)(F)S(=O)(=O)OS(c1ccccc1)(c1ccccc1)c1ccccc1. The second kappa shape index (κ2) is 13.8. The average molecular weight is 567 g/mol. The highest BCUT2D eigenvalue weighted by atomic mass is 32.3. The Morgan fingerprint density at radius 1 is 0.684 bits per heavy atom. The van der Waals surface area contributed by atoms with E-state index in [1.54, 1.807) is 91.0 Å². The number of esters is 1. The molecule has 0 amide bonds. The van der Waals surface area contributed by atoms with E-state index in [-0.39, 0.29) is 13.2 Å². The molecule has 0 spiro atoms. The lowest BCUT2D eigenvalue weighted by molar-refractivity contribution is -0.161. The van der Waals surface area contributed by atoms with Gasteiger partial charge in [0.05, 0.1) is 6.61 Å². The van der Waals surface area contributed by atoms with Crippen molar-refractivity contribution >= 4 is 26.4 Å². The number of hydrogen-bond donors (Lipinski definition) is 1. The van der Waals surface area contributed by atoms with Crippen molar-refractivity contribution in [2.45, 2.75) is 58.5 Å². The molecule has 0 aliphatic carbocycles. The van der Waals surface area contributed by atoms with Crippen LogP contribution in [0, 0.1) is 0 Å². The van der Waals surface area contributed by atoms with Crippen LogP contribution in [0.4, 0.5) is 8.78 Å². The van der Waals surface area contributed by atoms with Crippen LogP contribution in [0.2, 0.25) is 0 Å². The summed E-state index contributed by atoms with van der Waals surface area (Å²) in [4.78, 5) is 13.4. The predicted octanol–water partition coefficient (Wildman–Crippen LogP) is 6.70. The minimum atomic E-state index is -5.81. The van der Waals surface area contributed by atoms with Crippen LogP contribution >= 0.6 is 10.3 Å². The van der Waals surface area contributed by atoms with Crippen LogP contribution in [0.1, 0.15) is 38.5 Å². The third-order valence-corrected chi connectivity index (χ3v) is 10.9. The van der Waals surface area contributed by atoms with Crippen molar-refractivity contribution in [1.29, 1.82) is 0 Å². The third kappa shape index (κ3) is 6.99. The van der Waals surface area contributed by atoms with Crippen LogP contribution in [-0.2, 0) is 23.3 Å². The maximum absolute atomic E-state index is 15.2. The molecule has 0 aliphatic rings. The van der Waals surface area contributed by atoms with Gasteiger partial charge in [-0.1, -0.05) is 80.3 Å². The fourth-order valence-corrected chi connectivity index (χ4v) is 8.87. The molecule has 38 heavy (non-hydrogen) atoms. The summed E-state index contributed by atoms with van der Waals surface area (Å²) >= 11 is 0. The summed E-state index contributed by atoms with van der Waals surface area (Å²) in [6, 6.07) is 24.8. The molecule has 0 saturated carbocycles. The molecular formula is C28H32F2O6S2. The number of rotatable bonds is 15. The number of carbonyl (C=O) groups excluding carboxylic acids is 1. The standard InChI is InChI=1S/C28H32F2O6S2/c29-28(30,27(32)35-23-15-4-2-1-3-14-22-31)38(33,34)36-37(24-16-8-5-9-17-24,25-18-10-6-11-19-25)26-20-12-7-13-21-26/h5-13,16-21,31H,1-4,14-15,22-23H2. The second-order valence-electron chi connectivity index (χ2n) is 8.52. The van der Waals surface area contributed by atoms with E-state index in [9.17, 15) is 13.2 Å². The van der Waals surface area contributed by atoms with Crippen LogP contribution in [0.5, 0.6) is 0 Å². The molecule has 0 atom stereocenters. The van der Waals surface area contributed by atoms with Gasteiger partial charge in [0.15, 0.2) is 0 Å². The van der Waals surface area contributed by atoms with E-state index in [2.05, 4.69) is 4.74 Å². The maximum atomic E-state index is 15.2. The van der Waals surface area contributed by atoms with E-state index in [1.165, 1.54) is 0 Å². The lowest BCUT2D eigenvalue weighted by atomic mass is 10.1. The second-order valence-corrected chi connectivity index (χ2v) is 13.0. The summed E-state index contributed by atoms with van der Waals surface area (Å²) in [5.74, 6) is -2.17. The van der Waals surface area contributed by atoms with Gasteiger partial charge in [0.1, 0.15) is 0 Å². The molecule has 206 valence electrons. The van der Waals surface area contributed by atoms with Crippen molar-refractivity contribution in [1.82, 2.24) is 0 Å². The van der Waals surface area contributed by atoms with E-state index in [0.29, 0.717) is 33.9 Å². The fourth-order valence-electron chi connectivity index (χ4n) is 3.81. The first-order valence-electron chi connectivity index (χ1n) is 12.4. The van der Waals surface area contributed by atoms with E-state index in [0.717, 1.165) is 19.3 Å². The van der Waals surface area contributed by atoms with Gasteiger partial charge in [0, 0.05) is 21.3 Å². The zero-order valence-corrected chi connectivity index (χ0v) is 22.5. The Bertz CT molecular complexity index is 1140. The first kappa shape index (κ1) is 29.8. The molecular weight excluding hydrogens is 534 g/mol. The van der Waals surface area contributed by atoms with Crippen molar-refractivity contribution in [3.8, 4) is 0 Å². The molecule has 3 aromatic carbocycles. The van der Waals surface area contributed by atoms with Crippen LogP contribution in [-0.4, -0.2) is 38.0 Å². The molecule has 0 aliphatic heterocycles. The van der Waals surface area contributed by atoms with E-state index in [4.69, 9.17) is 8.74 Å². The van der Waals surface area contributed by atoms with E-state index >= 15 is 8.78 Å². The van der Waals surface area contributed by atoms with Crippen LogP contribution in [0.25, 0.3) is 0 Å². The molecule has 3 rings (SSSR count). The first-order valence-corrected chi connectivity index (χ1v) is 15.3. The Kier molecular flexibility index (Phi) is 10.8. The van der Waals surface area contributed by atoms with Crippen LogP contribution in [0.15, 0.2) is 106 Å². The first-order chi connectivity index (χ1) is 18.3. The van der Waals surface area contributed by atoms with Gasteiger partial charge in [-0.15, -0.1) is 0 Å². The number of hydrogen-bond acceptors (Lipinski definition) is 6. The number of benzene rings is 3. The Morgan fingerprint density at radius 2 is 1.08 bits per heavy atom. The highest BCUT2D eigenvalue weighted by molar-refractivity contribution is 8.33. The normalized spacial score (nSPS) is 12.7. The number of unbranched alkanes of at least 4 members (excludes halogenated alkanes) is 5. The number of aliphatic hydroxyl groups excluding tert-OH is 1. The number of ether oxygens (including phenoxy) is 1. The Labute approximate surface area is 224 Å². The summed E-state index contributed by atoms with van der Waals surface area (Å²) in [7, 11) is -9.05. The number of halogens is 2. The largest absolute Gasteiger partial charge is 0.466 e. The minimum absolute atomic E-state index is 0.116. The van der Waals surface area contributed by atoms with Crippen LogP contribution in [0.3, 0.4) is 0 Å². The predicted molar refractivity (Wildman–Crippen MR) is 142 cm³/mol. The number of carbonyl (C=O) groups is 1.